The Labute approximate surface area is 173 Å². The van der Waals surface area contributed by atoms with Crippen LogP contribution in [0.25, 0.3) is 10.9 Å². The summed E-state index contributed by atoms with van der Waals surface area (Å²) in [7, 11) is 0. The lowest BCUT2D eigenvalue weighted by Gasteiger charge is -2.27. The van der Waals surface area contributed by atoms with Gasteiger partial charge < -0.3 is 16.0 Å². The molecule has 3 aromatic rings. The molecular weight excluding hydrogens is 376 g/mol. The highest BCUT2D eigenvalue weighted by molar-refractivity contribution is 5.84. The lowest BCUT2D eigenvalue weighted by Crippen LogP contribution is -2.41. The second-order valence-electron chi connectivity index (χ2n) is 8.38. The predicted octanol–water partition coefficient (Wildman–Crippen LogP) is 2.90. The molecule has 4 atom stereocenters. The standard InChI is InChI=1S/C23H22N6O/c24-22(30)19-13-4-5-14(10-13)20(19)29-23-21-17(7-9-26-21)27-18(28-23)11-12-2-1-3-16-15(12)6-8-25-16/h1-6,8-9,13-14,19-20,25H,7,10-11H2,(H2,24,30)(H,27,28,29). The van der Waals surface area contributed by atoms with Crippen molar-refractivity contribution in [3.05, 3.63) is 59.7 Å². The molecule has 4 N–H and O–H groups in total. The Morgan fingerprint density at radius 3 is 3.00 bits per heavy atom. The second kappa shape index (κ2) is 6.52. The van der Waals surface area contributed by atoms with Crippen molar-refractivity contribution in [1.82, 2.24) is 15.0 Å². The minimum Gasteiger partial charge on any atom is -0.369 e. The van der Waals surface area contributed by atoms with Crippen LogP contribution in [0.5, 0.6) is 0 Å². The molecule has 7 nitrogen and oxygen atoms in total. The van der Waals surface area contributed by atoms with Crippen molar-refractivity contribution >= 4 is 34.5 Å². The van der Waals surface area contributed by atoms with E-state index in [1.807, 2.05) is 18.5 Å². The smallest absolute Gasteiger partial charge is 0.223 e. The Morgan fingerprint density at radius 1 is 1.20 bits per heavy atom. The molecule has 1 aliphatic heterocycles. The van der Waals surface area contributed by atoms with Gasteiger partial charge in [-0.1, -0.05) is 24.3 Å². The molecular formula is C23H22N6O. The summed E-state index contributed by atoms with van der Waals surface area (Å²) in [5.74, 6) is 1.51. The first kappa shape index (κ1) is 17.4. The summed E-state index contributed by atoms with van der Waals surface area (Å²) >= 11 is 0. The van der Waals surface area contributed by atoms with Gasteiger partial charge in [0.1, 0.15) is 11.5 Å². The zero-order valence-corrected chi connectivity index (χ0v) is 16.4. The van der Waals surface area contributed by atoms with E-state index in [1.165, 1.54) is 10.9 Å². The van der Waals surface area contributed by atoms with Crippen LogP contribution in [0, 0.1) is 17.8 Å². The largest absolute Gasteiger partial charge is 0.369 e. The first-order chi connectivity index (χ1) is 14.7. The molecule has 2 aromatic heterocycles. The minimum atomic E-state index is -0.252. The van der Waals surface area contributed by atoms with Crippen molar-refractivity contribution in [2.75, 3.05) is 5.32 Å². The van der Waals surface area contributed by atoms with Crippen molar-refractivity contribution in [2.45, 2.75) is 25.3 Å². The van der Waals surface area contributed by atoms with Gasteiger partial charge in [0.25, 0.3) is 0 Å². The molecule has 150 valence electrons. The molecule has 1 saturated carbocycles. The molecule has 2 bridgehead atoms. The Balaban J connectivity index is 1.36. The maximum absolute atomic E-state index is 12.1. The predicted molar refractivity (Wildman–Crippen MR) is 116 cm³/mol. The number of aromatic amines is 1. The van der Waals surface area contributed by atoms with Crippen LogP contribution in [0.2, 0.25) is 0 Å². The monoisotopic (exact) mass is 398 g/mol. The molecule has 7 heteroatoms. The number of anilines is 1. The van der Waals surface area contributed by atoms with Crippen molar-refractivity contribution in [2.24, 2.45) is 28.5 Å². The number of allylic oxidation sites excluding steroid dienone is 1. The topological polar surface area (TPSA) is 109 Å². The van der Waals surface area contributed by atoms with Crippen molar-refractivity contribution in [1.29, 1.82) is 0 Å². The molecule has 3 heterocycles. The molecule has 0 spiro atoms. The van der Waals surface area contributed by atoms with Gasteiger partial charge in [-0.3, -0.25) is 9.79 Å². The molecule has 2 aliphatic carbocycles. The number of carbonyl (C=O) groups is 1. The van der Waals surface area contributed by atoms with Gasteiger partial charge in [0, 0.05) is 42.2 Å². The third-order valence-corrected chi connectivity index (χ3v) is 6.63. The molecule has 1 fully saturated rings. The van der Waals surface area contributed by atoms with E-state index >= 15 is 0 Å². The number of rotatable bonds is 5. The highest BCUT2D eigenvalue weighted by atomic mass is 16.1. The minimum absolute atomic E-state index is 0.0479. The summed E-state index contributed by atoms with van der Waals surface area (Å²) in [6.45, 7) is 0. The third kappa shape index (κ3) is 2.65. The Morgan fingerprint density at radius 2 is 2.10 bits per heavy atom. The molecule has 1 aromatic carbocycles. The Bertz CT molecular complexity index is 1230. The van der Waals surface area contributed by atoms with E-state index in [4.69, 9.17) is 15.7 Å². The van der Waals surface area contributed by atoms with E-state index in [9.17, 15) is 4.79 Å². The fourth-order valence-corrected chi connectivity index (χ4v) is 5.27. The average Bonchev–Trinajstić information content (AvgIpc) is 3.51. The first-order valence-electron chi connectivity index (χ1n) is 10.4. The molecule has 30 heavy (non-hydrogen) atoms. The van der Waals surface area contributed by atoms with E-state index in [-0.39, 0.29) is 23.8 Å². The van der Waals surface area contributed by atoms with E-state index in [0.29, 0.717) is 24.6 Å². The highest BCUT2D eigenvalue weighted by Gasteiger charge is 2.47. The summed E-state index contributed by atoms with van der Waals surface area (Å²) in [5.41, 5.74) is 9.73. The van der Waals surface area contributed by atoms with Crippen LogP contribution in [-0.4, -0.2) is 33.1 Å². The second-order valence-corrected chi connectivity index (χ2v) is 8.38. The summed E-state index contributed by atoms with van der Waals surface area (Å²) < 4.78 is 0. The van der Waals surface area contributed by atoms with Crippen LogP contribution in [0.15, 0.2) is 47.6 Å². The van der Waals surface area contributed by atoms with Crippen LogP contribution in [0.4, 0.5) is 11.5 Å². The summed E-state index contributed by atoms with van der Waals surface area (Å²) in [6.07, 6.45) is 10.4. The molecule has 1 amide bonds. The number of aliphatic imine (C=N–C) groups is 1. The number of H-pyrrole nitrogens is 1. The van der Waals surface area contributed by atoms with Crippen LogP contribution >= 0.6 is 0 Å². The van der Waals surface area contributed by atoms with Gasteiger partial charge in [-0.05, 0) is 36.0 Å². The third-order valence-electron chi connectivity index (χ3n) is 6.63. The maximum atomic E-state index is 12.1. The van der Waals surface area contributed by atoms with E-state index < -0.39 is 0 Å². The van der Waals surface area contributed by atoms with Crippen LogP contribution < -0.4 is 11.1 Å². The molecule has 3 aliphatic rings. The zero-order valence-electron chi connectivity index (χ0n) is 16.4. The Hall–Kier alpha value is -3.48. The summed E-state index contributed by atoms with van der Waals surface area (Å²) in [4.78, 5) is 29.5. The van der Waals surface area contributed by atoms with Gasteiger partial charge in [0.05, 0.1) is 11.6 Å². The molecule has 0 saturated heterocycles. The van der Waals surface area contributed by atoms with Crippen molar-refractivity contribution in [3.63, 3.8) is 0 Å². The number of benzene rings is 1. The number of nitrogens with zero attached hydrogens (tertiary/aromatic N) is 3. The number of fused-ring (bicyclic) bond motifs is 4. The number of hydrogen-bond donors (Lipinski definition) is 3. The van der Waals surface area contributed by atoms with E-state index in [0.717, 1.165) is 29.1 Å². The normalized spacial score (nSPS) is 25.9. The summed E-state index contributed by atoms with van der Waals surface area (Å²) in [5, 5.41) is 4.72. The first-order valence-corrected chi connectivity index (χ1v) is 10.4. The number of hydrogen-bond acceptors (Lipinski definition) is 5. The van der Waals surface area contributed by atoms with Gasteiger partial charge in [-0.2, -0.15) is 0 Å². The summed E-state index contributed by atoms with van der Waals surface area (Å²) in [6, 6.07) is 8.26. The highest BCUT2D eigenvalue weighted by Crippen LogP contribution is 2.45. The van der Waals surface area contributed by atoms with Gasteiger partial charge in [-0.15, -0.1) is 0 Å². The van der Waals surface area contributed by atoms with Gasteiger partial charge >= 0.3 is 0 Å². The average molecular weight is 398 g/mol. The zero-order chi connectivity index (χ0) is 20.2. The fourth-order valence-electron chi connectivity index (χ4n) is 5.27. The van der Waals surface area contributed by atoms with E-state index in [1.54, 1.807) is 0 Å². The number of aromatic nitrogens is 3. The van der Waals surface area contributed by atoms with Gasteiger partial charge in [-0.25, -0.2) is 9.97 Å². The lowest BCUT2D eigenvalue weighted by atomic mass is 9.88. The van der Waals surface area contributed by atoms with Gasteiger partial charge in [0.2, 0.25) is 5.91 Å². The van der Waals surface area contributed by atoms with Crippen molar-refractivity contribution in [3.8, 4) is 0 Å². The number of nitrogens with two attached hydrogens (primary N) is 1. The molecule has 4 unspecified atom stereocenters. The number of amides is 1. The number of primary amides is 1. The quantitative estimate of drug-likeness (QED) is 0.574. The lowest BCUT2D eigenvalue weighted by molar-refractivity contribution is -0.122. The van der Waals surface area contributed by atoms with Crippen LogP contribution in [0.1, 0.15) is 23.5 Å². The van der Waals surface area contributed by atoms with Crippen molar-refractivity contribution < 1.29 is 4.79 Å². The van der Waals surface area contributed by atoms with Gasteiger partial charge in [0.15, 0.2) is 5.82 Å². The Kier molecular flexibility index (Phi) is 3.78. The fraction of sp³-hybridized carbons (Fsp3) is 0.304. The van der Waals surface area contributed by atoms with E-state index in [2.05, 4.69) is 45.6 Å². The molecule has 0 radical (unpaired) electrons. The number of carbonyl (C=O) groups excluding carboxylic acids is 1. The molecule has 6 rings (SSSR count). The van der Waals surface area contributed by atoms with Crippen LogP contribution in [0.3, 0.4) is 0 Å². The number of nitrogens with one attached hydrogen (secondary N) is 2. The maximum Gasteiger partial charge on any atom is 0.223 e. The SMILES string of the molecule is NC(=O)C1C2C=CC(C2)C1Nc1nc(Cc2cccc3[nH]ccc23)nc2c1N=CC2. The van der Waals surface area contributed by atoms with Crippen LogP contribution in [-0.2, 0) is 17.6 Å².